The van der Waals surface area contributed by atoms with Crippen LogP contribution in [0.25, 0.3) is 0 Å². The Bertz CT molecular complexity index is 452. The van der Waals surface area contributed by atoms with Crippen molar-refractivity contribution in [1.29, 1.82) is 5.26 Å². The van der Waals surface area contributed by atoms with Gasteiger partial charge in [-0.1, -0.05) is 0 Å². The second kappa shape index (κ2) is 5.17. The van der Waals surface area contributed by atoms with Gasteiger partial charge in [-0.3, -0.25) is 0 Å². The van der Waals surface area contributed by atoms with E-state index < -0.39 is 0 Å². The van der Waals surface area contributed by atoms with E-state index in [9.17, 15) is 0 Å². The Morgan fingerprint density at radius 1 is 1.65 bits per heavy atom. The maximum absolute atomic E-state index is 9.03. The average molecular weight is 269 g/mol. The normalized spacial score (nSPS) is 20.3. The van der Waals surface area contributed by atoms with Crippen molar-refractivity contribution >= 4 is 33.8 Å². The van der Waals surface area contributed by atoms with Gasteiger partial charge in [0, 0.05) is 13.1 Å². The Morgan fingerprint density at radius 2 is 2.41 bits per heavy atom. The van der Waals surface area contributed by atoms with Crippen LogP contribution in [0.2, 0.25) is 0 Å². The van der Waals surface area contributed by atoms with Crippen molar-refractivity contribution in [1.82, 2.24) is 0 Å². The zero-order chi connectivity index (χ0) is 12.4. The van der Waals surface area contributed by atoms with E-state index in [1.165, 1.54) is 11.3 Å². The predicted octanol–water partition coefficient (Wildman–Crippen LogP) is 2.15. The van der Waals surface area contributed by atoms with Crippen LogP contribution in [0.1, 0.15) is 11.8 Å². The van der Waals surface area contributed by atoms with Crippen LogP contribution in [-0.2, 0) is 4.74 Å². The molecule has 1 aliphatic heterocycles. The fourth-order valence-corrected chi connectivity index (χ4v) is 3.92. The molecule has 1 aliphatic rings. The molecular formula is C11H15N3OS2. The van der Waals surface area contributed by atoms with Gasteiger partial charge in [-0.2, -0.15) is 5.26 Å². The number of nitriles is 1. The van der Waals surface area contributed by atoms with Crippen LogP contribution >= 0.6 is 23.1 Å². The van der Waals surface area contributed by atoms with E-state index in [2.05, 4.69) is 17.9 Å². The monoisotopic (exact) mass is 269 g/mol. The molecule has 2 rings (SSSR count). The summed E-state index contributed by atoms with van der Waals surface area (Å²) in [5.74, 6) is 0. The number of nitrogens with two attached hydrogens (primary N) is 1. The number of hydrogen-bond donors (Lipinski definition) is 1. The number of nitrogens with zero attached hydrogens (tertiary/aromatic N) is 2. The lowest BCUT2D eigenvalue weighted by molar-refractivity contribution is 0.0533. The second-order valence-corrected chi connectivity index (χ2v) is 5.74. The first-order chi connectivity index (χ1) is 8.17. The molecule has 4 nitrogen and oxygen atoms in total. The molecular weight excluding hydrogens is 254 g/mol. The maximum atomic E-state index is 9.03. The standard InChI is InChI=1S/C11H15N3OS2/c1-7-6-14(3-4-15-7)11-10(16-2)9(13)8(5-12)17-11/h7H,3-4,6,13H2,1-2H3. The van der Waals surface area contributed by atoms with Crippen molar-refractivity contribution in [2.24, 2.45) is 0 Å². The van der Waals surface area contributed by atoms with E-state index in [0.717, 1.165) is 29.6 Å². The number of hydrogen-bond acceptors (Lipinski definition) is 6. The van der Waals surface area contributed by atoms with E-state index in [4.69, 9.17) is 15.7 Å². The number of thioether (sulfide) groups is 1. The average Bonchev–Trinajstić information content (AvgIpc) is 2.65. The minimum Gasteiger partial charge on any atom is -0.396 e. The third kappa shape index (κ3) is 2.37. The van der Waals surface area contributed by atoms with E-state index >= 15 is 0 Å². The number of anilines is 2. The molecule has 6 heteroatoms. The number of morpholine rings is 1. The topological polar surface area (TPSA) is 62.3 Å². The van der Waals surface area contributed by atoms with Gasteiger partial charge in [-0.15, -0.1) is 23.1 Å². The van der Waals surface area contributed by atoms with Crippen LogP contribution in [-0.4, -0.2) is 32.1 Å². The van der Waals surface area contributed by atoms with Gasteiger partial charge in [0.05, 0.1) is 23.3 Å². The number of ether oxygens (including phenoxy) is 1. The summed E-state index contributed by atoms with van der Waals surface area (Å²) < 4.78 is 5.53. The SMILES string of the molecule is CSc1c(N2CCOC(C)C2)sc(C#N)c1N. The highest BCUT2D eigenvalue weighted by Gasteiger charge is 2.24. The lowest BCUT2D eigenvalue weighted by Crippen LogP contribution is -2.40. The molecule has 1 saturated heterocycles. The van der Waals surface area contributed by atoms with Gasteiger partial charge >= 0.3 is 0 Å². The fourth-order valence-electron chi connectivity index (χ4n) is 1.91. The number of rotatable bonds is 2. The Labute approximate surface area is 109 Å². The zero-order valence-corrected chi connectivity index (χ0v) is 11.5. The molecule has 0 amide bonds. The molecule has 0 bridgehead atoms. The second-order valence-electron chi connectivity index (χ2n) is 3.92. The molecule has 1 unspecified atom stereocenters. The molecule has 0 radical (unpaired) electrons. The largest absolute Gasteiger partial charge is 0.396 e. The van der Waals surface area contributed by atoms with Gasteiger partial charge in [0.25, 0.3) is 0 Å². The Morgan fingerprint density at radius 3 is 3.00 bits per heavy atom. The van der Waals surface area contributed by atoms with Crippen LogP contribution in [0, 0.1) is 11.3 Å². The minimum absolute atomic E-state index is 0.229. The van der Waals surface area contributed by atoms with Crippen molar-refractivity contribution in [3.8, 4) is 6.07 Å². The van der Waals surface area contributed by atoms with Gasteiger partial charge in [0.2, 0.25) is 0 Å². The van der Waals surface area contributed by atoms with Crippen molar-refractivity contribution < 1.29 is 4.74 Å². The summed E-state index contributed by atoms with van der Waals surface area (Å²) in [6, 6.07) is 2.16. The maximum Gasteiger partial charge on any atom is 0.131 e. The van der Waals surface area contributed by atoms with Crippen LogP contribution in [0.4, 0.5) is 10.7 Å². The summed E-state index contributed by atoms with van der Waals surface area (Å²) in [6.07, 6.45) is 2.22. The summed E-state index contributed by atoms with van der Waals surface area (Å²) in [6.45, 7) is 4.52. The first-order valence-corrected chi connectivity index (χ1v) is 7.44. The van der Waals surface area contributed by atoms with E-state index in [0.29, 0.717) is 10.6 Å². The minimum atomic E-state index is 0.229. The first kappa shape index (κ1) is 12.6. The zero-order valence-electron chi connectivity index (χ0n) is 9.90. The summed E-state index contributed by atoms with van der Waals surface area (Å²) in [5, 5.41) is 10.1. The Balaban J connectivity index is 2.34. The van der Waals surface area contributed by atoms with Gasteiger partial charge in [0.15, 0.2) is 0 Å². The van der Waals surface area contributed by atoms with Crippen LogP contribution in [0.15, 0.2) is 4.90 Å². The van der Waals surface area contributed by atoms with Gasteiger partial charge in [-0.25, -0.2) is 0 Å². The molecule has 2 heterocycles. The van der Waals surface area contributed by atoms with Crippen LogP contribution in [0.3, 0.4) is 0 Å². The summed E-state index contributed by atoms with van der Waals surface area (Å²) in [7, 11) is 0. The van der Waals surface area contributed by atoms with Crippen molar-refractivity contribution in [3.05, 3.63) is 4.88 Å². The molecule has 1 aromatic heterocycles. The molecule has 0 aliphatic carbocycles. The molecule has 1 aromatic rings. The highest BCUT2D eigenvalue weighted by molar-refractivity contribution is 7.99. The Hall–Kier alpha value is -0.900. The predicted molar refractivity (Wildman–Crippen MR) is 72.9 cm³/mol. The lowest BCUT2D eigenvalue weighted by Gasteiger charge is -2.32. The van der Waals surface area contributed by atoms with Gasteiger partial charge in [0.1, 0.15) is 15.9 Å². The number of thiophene rings is 1. The van der Waals surface area contributed by atoms with Crippen LogP contribution in [0.5, 0.6) is 0 Å². The lowest BCUT2D eigenvalue weighted by atomic mass is 10.3. The molecule has 1 fully saturated rings. The van der Waals surface area contributed by atoms with Gasteiger partial charge in [-0.05, 0) is 13.2 Å². The fraction of sp³-hybridized carbons (Fsp3) is 0.545. The van der Waals surface area contributed by atoms with E-state index in [-0.39, 0.29) is 6.10 Å². The summed E-state index contributed by atoms with van der Waals surface area (Å²) in [5.41, 5.74) is 6.60. The van der Waals surface area contributed by atoms with E-state index in [1.807, 2.05) is 6.26 Å². The smallest absolute Gasteiger partial charge is 0.131 e. The summed E-state index contributed by atoms with van der Waals surface area (Å²) in [4.78, 5) is 3.91. The molecule has 17 heavy (non-hydrogen) atoms. The molecule has 2 N–H and O–H groups in total. The highest BCUT2D eigenvalue weighted by atomic mass is 32.2. The van der Waals surface area contributed by atoms with Crippen molar-refractivity contribution in [2.45, 2.75) is 17.9 Å². The third-order valence-corrected chi connectivity index (χ3v) is 4.84. The first-order valence-electron chi connectivity index (χ1n) is 5.40. The van der Waals surface area contributed by atoms with Crippen molar-refractivity contribution in [2.75, 3.05) is 36.6 Å². The Kier molecular flexibility index (Phi) is 3.82. The molecule has 92 valence electrons. The number of nitrogen functional groups attached to an aromatic ring is 1. The van der Waals surface area contributed by atoms with Gasteiger partial charge < -0.3 is 15.4 Å². The molecule has 0 saturated carbocycles. The molecule has 0 spiro atoms. The van der Waals surface area contributed by atoms with Crippen LogP contribution < -0.4 is 10.6 Å². The molecule has 0 aromatic carbocycles. The third-order valence-electron chi connectivity index (χ3n) is 2.72. The van der Waals surface area contributed by atoms with E-state index in [1.54, 1.807) is 11.8 Å². The molecule has 1 atom stereocenters. The quantitative estimate of drug-likeness (QED) is 0.834. The highest BCUT2D eigenvalue weighted by Crippen LogP contribution is 2.43. The summed E-state index contributed by atoms with van der Waals surface area (Å²) >= 11 is 3.09. The van der Waals surface area contributed by atoms with Crippen molar-refractivity contribution in [3.63, 3.8) is 0 Å².